The van der Waals surface area contributed by atoms with Crippen molar-refractivity contribution >= 4 is 29.4 Å². The predicted molar refractivity (Wildman–Crippen MR) is 71.7 cm³/mol. The number of aliphatic hydroxyl groups excluding tert-OH is 1. The van der Waals surface area contributed by atoms with Crippen molar-refractivity contribution in [1.29, 1.82) is 5.41 Å². The Morgan fingerprint density at radius 3 is 2.50 bits per heavy atom. The maximum absolute atomic E-state index is 8.82. The Labute approximate surface area is 104 Å². The van der Waals surface area contributed by atoms with Crippen LogP contribution < -0.4 is 5.73 Å². The molecule has 0 spiro atoms. The summed E-state index contributed by atoms with van der Waals surface area (Å²) < 4.78 is 0. The Morgan fingerprint density at radius 2 is 2.00 bits per heavy atom. The van der Waals surface area contributed by atoms with Crippen LogP contribution in [0.2, 0.25) is 0 Å². The SMILES string of the molecule is CCSc1cccc(SCCO)c1C(=N)N. The molecule has 1 aromatic rings. The normalized spacial score (nSPS) is 10.4. The van der Waals surface area contributed by atoms with Crippen LogP contribution in [0.25, 0.3) is 0 Å². The van der Waals surface area contributed by atoms with Crippen LogP contribution in [-0.2, 0) is 0 Å². The van der Waals surface area contributed by atoms with Crippen LogP contribution in [0, 0.1) is 5.41 Å². The minimum absolute atomic E-state index is 0.0944. The summed E-state index contributed by atoms with van der Waals surface area (Å²) in [5.41, 5.74) is 6.41. The number of nitrogens with two attached hydrogens (primary N) is 1. The summed E-state index contributed by atoms with van der Waals surface area (Å²) >= 11 is 3.21. The molecule has 5 heteroatoms. The molecule has 0 aliphatic heterocycles. The van der Waals surface area contributed by atoms with E-state index in [2.05, 4.69) is 6.92 Å². The number of amidine groups is 1. The van der Waals surface area contributed by atoms with Crippen LogP contribution in [-0.4, -0.2) is 29.1 Å². The minimum Gasteiger partial charge on any atom is -0.396 e. The summed E-state index contributed by atoms with van der Waals surface area (Å²) in [6.45, 7) is 2.20. The molecule has 88 valence electrons. The molecule has 0 fully saturated rings. The highest BCUT2D eigenvalue weighted by atomic mass is 32.2. The molecule has 0 saturated carbocycles. The second kappa shape index (κ2) is 6.83. The monoisotopic (exact) mass is 256 g/mol. The van der Waals surface area contributed by atoms with Gasteiger partial charge in [0, 0.05) is 21.1 Å². The van der Waals surface area contributed by atoms with E-state index in [1.54, 1.807) is 11.8 Å². The molecule has 16 heavy (non-hydrogen) atoms. The summed E-state index contributed by atoms with van der Waals surface area (Å²) in [6, 6.07) is 5.88. The van der Waals surface area contributed by atoms with E-state index in [0.29, 0.717) is 5.75 Å². The third-order valence-electron chi connectivity index (χ3n) is 1.91. The third kappa shape index (κ3) is 3.43. The highest BCUT2D eigenvalue weighted by molar-refractivity contribution is 8.00. The first kappa shape index (κ1) is 13.4. The number of benzene rings is 1. The quantitative estimate of drug-likeness (QED) is 0.414. The van der Waals surface area contributed by atoms with Gasteiger partial charge in [-0.3, -0.25) is 5.41 Å². The zero-order chi connectivity index (χ0) is 12.0. The molecule has 0 aromatic heterocycles. The van der Waals surface area contributed by atoms with Crippen molar-refractivity contribution in [2.75, 3.05) is 18.1 Å². The van der Waals surface area contributed by atoms with Crippen LogP contribution in [0.15, 0.2) is 28.0 Å². The van der Waals surface area contributed by atoms with Gasteiger partial charge in [-0.1, -0.05) is 13.0 Å². The summed E-state index contributed by atoms with van der Waals surface area (Å²) in [5.74, 6) is 1.67. The van der Waals surface area contributed by atoms with E-state index in [-0.39, 0.29) is 12.4 Å². The molecule has 0 aliphatic carbocycles. The van der Waals surface area contributed by atoms with Gasteiger partial charge in [-0.2, -0.15) is 0 Å². The molecule has 0 atom stereocenters. The molecule has 0 bridgehead atoms. The molecule has 0 radical (unpaired) electrons. The number of rotatable bonds is 6. The summed E-state index contributed by atoms with van der Waals surface area (Å²) in [5, 5.41) is 16.4. The van der Waals surface area contributed by atoms with Crippen molar-refractivity contribution in [3.05, 3.63) is 23.8 Å². The van der Waals surface area contributed by atoms with Gasteiger partial charge in [0.1, 0.15) is 5.84 Å². The molecule has 1 aromatic carbocycles. The molecule has 0 saturated heterocycles. The van der Waals surface area contributed by atoms with Gasteiger partial charge in [-0.05, 0) is 17.9 Å². The van der Waals surface area contributed by atoms with Crippen molar-refractivity contribution in [2.45, 2.75) is 16.7 Å². The van der Waals surface area contributed by atoms with Gasteiger partial charge in [0.05, 0.1) is 6.61 Å². The van der Waals surface area contributed by atoms with E-state index < -0.39 is 0 Å². The lowest BCUT2D eigenvalue weighted by Gasteiger charge is -2.11. The topological polar surface area (TPSA) is 70.1 Å². The molecule has 0 amide bonds. The van der Waals surface area contributed by atoms with Crippen molar-refractivity contribution < 1.29 is 5.11 Å². The molecule has 0 aliphatic rings. The Kier molecular flexibility index (Phi) is 5.73. The predicted octanol–water partition coefficient (Wildman–Crippen LogP) is 2.17. The number of hydrogen-bond acceptors (Lipinski definition) is 4. The highest BCUT2D eigenvalue weighted by Crippen LogP contribution is 2.30. The average molecular weight is 256 g/mol. The summed E-state index contributed by atoms with van der Waals surface area (Å²) in [7, 11) is 0. The zero-order valence-corrected chi connectivity index (χ0v) is 10.8. The van der Waals surface area contributed by atoms with Gasteiger partial charge in [-0.15, -0.1) is 23.5 Å². The van der Waals surface area contributed by atoms with Crippen molar-refractivity contribution in [1.82, 2.24) is 0 Å². The van der Waals surface area contributed by atoms with E-state index in [1.807, 2.05) is 18.2 Å². The minimum atomic E-state index is 0.0944. The van der Waals surface area contributed by atoms with Crippen molar-refractivity contribution in [3.63, 3.8) is 0 Å². The zero-order valence-electron chi connectivity index (χ0n) is 9.19. The molecule has 0 unspecified atom stereocenters. The van der Waals surface area contributed by atoms with Crippen LogP contribution in [0.4, 0.5) is 0 Å². The fraction of sp³-hybridized carbons (Fsp3) is 0.364. The maximum Gasteiger partial charge on any atom is 0.125 e. The maximum atomic E-state index is 8.82. The average Bonchev–Trinajstić information content (AvgIpc) is 2.26. The molecule has 4 N–H and O–H groups in total. The number of nitrogen functional groups attached to an aromatic ring is 1. The lowest BCUT2D eigenvalue weighted by molar-refractivity contribution is 0.322. The fourth-order valence-corrected chi connectivity index (χ4v) is 3.09. The first-order valence-corrected chi connectivity index (χ1v) is 7.01. The first-order chi connectivity index (χ1) is 7.70. The standard InChI is InChI=1S/C11H16N2OS2/c1-2-15-8-4-3-5-9(16-7-6-14)10(8)11(12)13/h3-5,14H,2,6-7H2,1H3,(H3,12,13). The lowest BCUT2D eigenvalue weighted by atomic mass is 10.2. The second-order valence-electron chi connectivity index (χ2n) is 3.05. The van der Waals surface area contributed by atoms with E-state index in [9.17, 15) is 0 Å². The van der Waals surface area contributed by atoms with Gasteiger partial charge in [0.15, 0.2) is 0 Å². The number of thioether (sulfide) groups is 2. The van der Waals surface area contributed by atoms with Crippen LogP contribution in [0.5, 0.6) is 0 Å². The molecular weight excluding hydrogens is 240 g/mol. The van der Waals surface area contributed by atoms with Gasteiger partial charge < -0.3 is 10.8 Å². The Morgan fingerprint density at radius 1 is 1.38 bits per heavy atom. The fourth-order valence-electron chi connectivity index (χ4n) is 1.33. The Bertz CT molecular complexity index is 369. The molecular formula is C11H16N2OS2. The first-order valence-electron chi connectivity index (χ1n) is 5.04. The highest BCUT2D eigenvalue weighted by Gasteiger charge is 2.11. The van der Waals surface area contributed by atoms with Gasteiger partial charge in [-0.25, -0.2) is 0 Å². The van der Waals surface area contributed by atoms with Crippen molar-refractivity contribution in [2.24, 2.45) is 5.73 Å². The number of nitrogens with one attached hydrogen (secondary N) is 1. The third-order valence-corrected chi connectivity index (χ3v) is 3.88. The van der Waals surface area contributed by atoms with E-state index in [4.69, 9.17) is 16.2 Å². The van der Waals surface area contributed by atoms with Gasteiger partial charge >= 0.3 is 0 Å². The molecule has 3 nitrogen and oxygen atoms in total. The van der Waals surface area contributed by atoms with Crippen LogP contribution in [0.1, 0.15) is 12.5 Å². The van der Waals surface area contributed by atoms with Crippen LogP contribution in [0.3, 0.4) is 0 Å². The number of hydrogen-bond donors (Lipinski definition) is 3. The molecule has 1 rings (SSSR count). The van der Waals surface area contributed by atoms with E-state index >= 15 is 0 Å². The van der Waals surface area contributed by atoms with E-state index in [1.165, 1.54) is 11.8 Å². The number of aliphatic hydroxyl groups is 1. The largest absolute Gasteiger partial charge is 0.396 e. The second-order valence-corrected chi connectivity index (χ2v) is 5.49. The van der Waals surface area contributed by atoms with Crippen molar-refractivity contribution in [3.8, 4) is 0 Å². The summed E-state index contributed by atoms with van der Waals surface area (Å²) in [6.07, 6.45) is 0. The molecule has 0 heterocycles. The van der Waals surface area contributed by atoms with E-state index in [0.717, 1.165) is 21.1 Å². The lowest BCUT2D eigenvalue weighted by Crippen LogP contribution is -2.14. The van der Waals surface area contributed by atoms with Gasteiger partial charge in [0.25, 0.3) is 0 Å². The summed E-state index contributed by atoms with van der Waals surface area (Å²) in [4.78, 5) is 2.01. The Hall–Kier alpha value is -0.650. The van der Waals surface area contributed by atoms with Gasteiger partial charge in [0.2, 0.25) is 0 Å². The van der Waals surface area contributed by atoms with Crippen LogP contribution >= 0.6 is 23.5 Å². The Balaban J connectivity index is 3.05. The smallest absolute Gasteiger partial charge is 0.125 e.